The van der Waals surface area contributed by atoms with Gasteiger partial charge in [-0.3, -0.25) is 4.79 Å². The van der Waals surface area contributed by atoms with E-state index in [1.807, 2.05) is 0 Å². The van der Waals surface area contributed by atoms with Crippen LogP contribution in [0.15, 0.2) is 42.5 Å². The summed E-state index contributed by atoms with van der Waals surface area (Å²) in [5, 5.41) is 12.1. The van der Waals surface area contributed by atoms with Gasteiger partial charge >= 0.3 is 12.3 Å². The molecule has 1 fully saturated rings. The molecule has 160 valence electrons. The third kappa shape index (κ3) is 4.99. The molecule has 0 aliphatic carbocycles. The maximum Gasteiger partial charge on any atom is 0.417 e. The number of amides is 2. The Morgan fingerprint density at radius 2 is 1.77 bits per heavy atom. The normalized spacial score (nSPS) is 19.4. The van der Waals surface area contributed by atoms with Crippen LogP contribution in [-0.2, 0) is 6.18 Å². The van der Waals surface area contributed by atoms with Crippen molar-refractivity contribution in [3.8, 4) is 0 Å². The third-order valence-electron chi connectivity index (χ3n) is 5.03. The van der Waals surface area contributed by atoms with E-state index in [4.69, 9.17) is 23.2 Å². The Balaban J connectivity index is 1.85. The van der Waals surface area contributed by atoms with Gasteiger partial charge in [-0.25, -0.2) is 4.79 Å². The molecule has 2 unspecified atom stereocenters. The molecule has 0 saturated carbocycles. The quantitative estimate of drug-likeness (QED) is 0.654. The molecule has 1 saturated heterocycles. The van der Waals surface area contributed by atoms with Crippen LogP contribution in [0.1, 0.15) is 33.8 Å². The highest BCUT2D eigenvalue weighted by Gasteiger charge is 2.36. The van der Waals surface area contributed by atoms with E-state index in [2.05, 4.69) is 5.32 Å². The van der Waals surface area contributed by atoms with Crippen LogP contribution < -0.4 is 5.32 Å². The minimum Gasteiger partial charge on any atom is -0.465 e. The lowest BCUT2D eigenvalue weighted by Gasteiger charge is -2.38. The van der Waals surface area contributed by atoms with Gasteiger partial charge in [0.25, 0.3) is 5.91 Å². The minimum absolute atomic E-state index is 0.135. The summed E-state index contributed by atoms with van der Waals surface area (Å²) in [5.41, 5.74) is -0.503. The Hall–Kier alpha value is -2.45. The number of likely N-dealkylation sites (tertiary alicyclic amines) is 1. The van der Waals surface area contributed by atoms with E-state index in [0.29, 0.717) is 17.5 Å². The third-order valence-corrected chi connectivity index (χ3v) is 5.61. The first-order chi connectivity index (χ1) is 14.1. The Labute approximate surface area is 180 Å². The van der Waals surface area contributed by atoms with E-state index in [1.165, 1.54) is 11.0 Å². The molecule has 5 nitrogen and oxygen atoms in total. The molecule has 1 heterocycles. The van der Waals surface area contributed by atoms with Crippen molar-refractivity contribution in [2.75, 3.05) is 13.1 Å². The molecule has 2 atom stereocenters. The molecule has 3 rings (SSSR count). The van der Waals surface area contributed by atoms with Gasteiger partial charge in [-0.05, 0) is 42.3 Å². The summed E-state index contributed by atoms with van der Waals surface area (Å²) in [6, 6.07) is 9.28. The topological polar surface area (TPSA) is 69.6 Å². The van der Waals surface area contributed by atoms with Crippen LogP contribution in [0.4, 0.5) is 18.0 Å². The van der Waals surface area contributed by atoms with Gasteiger partial charge in [0.05, 0.1) is 10.6 Å². The molecule has 10 heteroatoms. The number of rotatable bonds is 3. The highest BCUT2D eigenvalue weighted by molar-refractivity contribution is 6.31. The van der Waals surface area contributed by atoms with Crippen LogP contribution in [-0.4, -0.2) is 41.1 Å². The molecule has 1 aliphatic heterocycles. The molecular weight excluding hydrogens is 444 g/mol. The monoisotopic (exact) mass is 460 g/mol. The number of hydrogen-bond acceptors (Lipinski definition) is 2. The molecule has 0 aromatic heterocycles. The number of carboxylic acid groups (broad SMARTS) is 1. The molecule has 30 heavy (non-hydrogen) atoms. The van der Waals surface area contributed by atoms with Crippen LogP contribution >= 0.6 is 23.2 Å². The number of nitrogens with one attached hydrogen (secondary N) is 1. The molecule has 0 radical (unpaired) electrons. The van der Waals surface area contributed by atoms with E-state index in [-0.39, 0.29) is 24.6 Å². The van der Waals surface area contributed by atoms with Gasteiger partial charge < -0.3 is 15.3 Å². The largest absolute Gasteiger partial charge is 0.465 e. The summed E-state index contributed by atoms with van der Waals surface area (Å²) in [4.78, 5) is 25.3. The van der Waals surface area contributed by atoms with E-state index in [0.717, 1.165) is 11.6 Å². The van der Waals surface area contributed by atoms with E-state index in [9.17, 15) is 27.9 Å². The highest BCUT2D eigenvalue weighted by atomic mass is 35.5. The number of benzene rings is 2. The number of halogens is 5. The van der Waals surface area contributed by atoms with Gasteiger partial charge in [0, 0.05) is 35.6 Å². The standard InChI is InChI=1S/C20H17Cl2F3N2O3/c21-13-4-1-11(2-5-13)14-10-27(19(29)30)8-7-17(14)26-18(28)12-3-6-16(22)15(9-12)20(23,24)25/h1-6,9,14,17H,7-8,10H2,(H,26,28)(H,29,30). The summed E-state index contributed by atoms with van der Waals surface area (Å²) < 4.78 is 39.3. The van der Waals surface area contributed by atoms with Crippen molar-refractivity contribution in [1.82, 2.24) is 10.2 Å². The van der Waals surface area contributed by atoms with Crippen molar-refractivity contribution in [2.45, 2.75) is 24.6 Å². The zero-order valence-electron chi connectivity index (χ0n) is 15.4. The zero-order chi connectivity index (χ0) is 22.1. The van der Waals surface area contributed by atoms with Crippen molar-refractivity contribution in [3.63, 3.8) is 0 Å². The molecular formula is C20H17Cl2F3N2O3. The van der Waals surface area contributed by atoms with Crippen LogP contribution in [0.3, 0.4) is 0 Å². The molecule has 0 spiro atoms. The Morgan fingerprint density at radius 3 is 2.37 bits per heavy atom. The zero-order valence-corrected chi connectivity index (χ0v) is 16.9. The van der Waals surface area contributed by atoms with Gasteiger partial charge in [0.15, 0.2) is 0 Å². The van der Waals surface area contributed by atoms with Crippen molar-refractivity contribution in [3.05, 3.63) is 69.2 Å². The fraction of sp³-hybridized carbons (Fsp3) is 0.300. The summed E-state index contributed by atoms with van der Waals surface area (Å²) in [5.74, 6) is -1.07. The van der Waals surface area contributed by atoms with Crippen molar-refractivity contribution < 1.29 is 27.9 Å². The summed E-state index contributed by atoms with van der Waals surface area (Å²) in [7, 11) is 0. The first-order valence-electron chi connectivity index (χ1n) is 8.97. The first kappa shape index (κ1) is 22.2. The molecule has 2 amide bonds. The number of piperidine rings is 1. The van der Waals surface area contributed by atoms with Gasteiger partial charge in [-0.2, -0.15) is 13.2 Å². The summed E-state index contributed by atoms with van der Waals surface area (Å²) in [6.45, 7) is 0.328. The average Bonchev–Trinajstić information content (AvgIpc) is 2.68. The average molecular weight is 461 g/mol. The van der Waals surface area contributed by atoms with Gasteiger partial charge in [0.2, 0.25) is 0 Å². The second-order valence-corrected chi connectivity index (χ2v) is 7.79. The number of hydrogen-bond donors (Lipinski definition) is 2. The predicted molar refractivity (Wildman–Crippen MR) is 106 cm³/mol. The molecule has 1 aliphatic rings. The Kier molecular flexibility index (Phi) is 6.47. The van der Waals surface area contributed by atoms with Crippen LogP contribution in [0.25, 0.3) is 0 Å². The number of carbonyl (C=O) groups is 2. The van der Waals surface area contributed by atoms with E-state index in [1.54, 1.807) is 24.3 Å². The van der Waals surface area contributed by atoms with Crippen molar-refractivity contribution >= 4 is 35.2 Å². The number of nitrogens with zero attached hydrogens (tertiary/aromatic N) is 1. The SMILES string of the molecule is O=C(NC1CCN(C(=O)O)CC1c1ccc(Cl)cc1)c1ccc(Cl)c(C(F)(F)F)c1. The first-order valence-corrected chi connectivity index (χ1v) is 9.73. The second kappa shape index (κ2) is 8.73. The second-order valence-electron chi connectivity index (χ2n) is 6.95. The van der Waals surface area contributed by atoms with Crippen molar-refractivity contribution in [1.29, 1.82) is 0 Å². The maximum absolute atomic E-state index is 13.1. The van der Waals surface area contributed by atoms with Gasteiger partial charge in [-0.1, -0.05) is 35.3 Å². The van der Waals surface area contributed by atoms with Crippen LogP contribution in [0.2, 0.25) is 10.0 Å². The van der Waals surface area contributed by atoms with Crippen LogP contribution in [0.5, 0.6) is 0 Å². The molecule has 2 aromatic carbocycles. The van der Waals surface area contributed by atoms with Gasteiger partial charge in [0.1, 0.15) is 0 Å². The number of alkyl halides is 3. The molecule has 2 N–H and O–H groups in total. The fourth-order valence-electron chi connectivity index (χ4n) is 3.48. The fourth-order valence-corrected chi connectivity index (χ4v) is 3.83. The van der Waals surface area contributed by atoms with Crippen molar-refractivity contribution in [2.24, 2.45) is 0 Å². The lowest BCUT2D eigenvalue weighted by Crippen LogP contribution is -2.51. The lowest BCUT2D eigenvalue weighted by atomic mass is 9.86. The lowest BCUT2D eigenvalue weighted by molar-refractivity contribution is -0.137. The van der Waals surface area contributed by atoms with Crippen LogP contribution in [0, 0.1) is 0 Å². The van der Waals surface area contributed by atoms with E-state index >= 15 is 0 Å². The smallest absolute Gasteiger partial charge is 0.417 e. The predicted octanol–water partition coefficient (Wildman–Crippen LogP) is 5.28. The minimum atomic E-state index is -4.69. The molecule has 0 bridgehead atoms. The summed E-state index contributed by atoms with van der Waals surface area (Å²) >= 11 is 11.5. The molecule has 2 aromatic rings. The van der Waals surface area contributed by atoms with E-state index < -0.39 is 34.8 Å². The highest BCUT2D eigenvalue weighted by Crippen LogP contribution is 2.35. The number of carbonyl (C=O) groups excluding carboxylic acids is 1. The Morgan fingerprint density at radius 1 is 1.10 bits per heavy atom. The van der Waals surface area contributed by atoms with Gasteiger partial charge in [-0.15, -0.1) is 0 Å². The Bertz CT molecular complexity index is 951. The summed E-state index contributed by atoms with van der Waals surface area (Å²) in [6.07, 6.45) is -5.46. The maximum atomic E-state index is 13.1.